The molecule has 1 aliphatic heterocycles. The number of hydrogen-bond acceptors (Lipinski definition) is 7. The number of nitrogens with zero attached hydrogens (tertiary/aromatic N) is 2. The second-order valence-corrected chi connectivity index (χ2v) is 7.14. The van der Waals surface area contributed by atoms with Gasteiger partial charge in [0.25, 0.3) is 0 Å². The zero-order valence-electron chi connectivity index (χ0n) is 17.0. The number of rotatable bonds is 7. The Balaban J connectivity index is 1.50. The van der Waals surface area contributed by atoms with E-state index in [1.165, 1.54) is 0 Å². The molecule has 1 saturated heterocycles. The summed E-state index contributed by atoms with van der Waals surface area (Å²) >= 11 is 0. The number of benzene rings is 2. The summed E-state index contributed by atoms with van der Waals surface area (Å²) in [5, 5.41) is 14.1. The first-order chi connectivity index (χ1) is 14.8. The third kappa shape index (κ3) is 4.75. The van der Waals surface area contributed by atoms with Crippen molar-refractivity contribution in [1.29, 1.82) is 0 Å². The fourth-order valence-electron chi connectivity index (χ4n) is 3.52. The largest absolute Gasteiger partial charge is 0.497 e. The van der Waals surface area contributed by atoms with Crippen molar-refractivity contribution in [2.24, 2.45) is 5.16 Å². The number of ether oxygens (including phenoxy) is 3. The highest BCUT2D eigenvalue weighted by atomic mass is 16.5. The Morgan fingerprint density at radius 3 is 2.53 bits per heavy atom. The zero-order valence-corrected chi connectivity index (χ0v) is 17.0. The molecule has 0 spiro atoms. The van der Waals surface area contributed by atoms with Gasteiger partial charge in [-0.3, -0.25) is 4.90 Å². The molecule has 0 amide bonds. The summed E-state index contributed by atoms with van der Waals surface area (Å²) in [5.74, 6) is 2.09. The lowest BCUT2D eigenvalue weighted by Crippen LogP contribution is -2.37. The Labute approximate surface area is 175 Å². The van der Waals surface area contributed by atoms with Crippen LogP contribution in [0.3, 0.4) is 0 Å². The molecule has 0 aliphatic carbocycles. The van der Waals surface area contributed by atoms with Crippen LogP contribution >= 0.6 is 0 Å². The van der Waals surface area contributed by atoms with Crippen LogP contribution in [0.2, 0.25) is 0 Å². The predicted octanol–water partition coefficient (Wildman–Crippen LogP) is 3.50. The van der Waals surface area contributed by atoms with Gasteiger partial charge in [0.1, 0.15) is 28.2 Å². The van der Waals surface area contributed by atoms with Gasteiger partial charge in [0.15, 0.2) is 0 Å². The topological polar surface area (TPSA) is 76.7 Å². The molecule has 0 saturated carbocycles. The quantitative estimate of drug-likeness (QED) is 0.365. The van der Waals surface area contributed by atoms with Gasteiger partial charge < -0.3 is 23.8 Å². The SMILES string of the molecule is COc1ccc(-c2cc(=NO)c3ccc(OCCCN4CCOCC4)cc3o2)cc1. The van der Waals surface area contributed by atoms with Crippen LogP contribution in [0.1, 0.15) is 6.42 Å². The fourth-order valence-corrected chi connectivity index (χ4v) is 3.52. The summed E-state index contributed by atoms with van der Waals surface area (Å²) < 4.78 is 22.6. The minimum absolute atomic E-state index is 0.445. The van der Waals surface area contributed by atoms with Gasteiger partial charge in [0.2, 0.25) is 0 Å². The van der Waals surface area contributed by atoms with Crippen LogP contribution in [0.4, 0.5) is 0 Å². The lowest BCUT2D eigenvalue weighted by atomic mass is 10.1. The van der Waals surface area contributed by atoms with Crippen LogP contribution < -0.4 is 14.8 Å². The van der Waals surface area contributed by atoms with Gasteiger partial charge in [0.05, 0.1) is 26.9 Å². The Bertz CT molecular complexity index is 1040. The fraction of sp³-hybridized carbons (Fsp3) is 0.348. The predicted molar refractivity (Wildman–Crippen MR) is 113 cm³/mol. The summed E-state index contributed by atoms with van der Waals surface area (Å²) in [6.07, 6.45) is 0.943. The van der Waals surface area contributed by atoms with Crippen LogP contribution in [0, 0.1) is 0 Å². The summed E-state index contributed by atoms with van der Waals surface area (Å²) in [4.78, 5) is 2.39. The van der Waals surface area contributed by atoms with Gasteiger partial charge in [-0.2, -0.15) is 0 Å². The third-order valence-corrected chi connectivity index (χ3v) is 5.19. The molecule has 2 aromatic carbocycles. The molecule has 7 heteroatoms. The Kier molecular flexibility index (Phi) is 6.51. The highest BCUT2D eigenvalue weighted by molar-refractivity contribution is 5.79. The first-order valence-corrected chi connectivity index (χ1v) is 10.1. The molecule has 2 heterocycles. The average Bonchev–Trinajstić information content (AvgIpc) is 2.81. The Hall–Kier alpha value is -3.03. The lowest BCUT2D eigenvalue weighted by molar-refractivity contribution is 0.0358. The van der Waals surface area contributed by atoms with Crippen LogP contribution in [-0.2, 0) is 4.74 Å². The molecule has 1 fully saturated rings. The molecule has 1 aliphatic rings. The van der Waals surface area contributed by atoms with E-state index in [-0.39, 0.29) is 0 Å². The van der Waals surface area contributed by atoms with E-state index in [2.05, 4.69) is 10.1 Å². The number of fused-ring (bicyclic) bond motifs is 1. The van der Waals surface area contributed by atoms with E-state index < -0.39 is 0 Å². The maximum atomic E-state index is 9.47. The molecular formula is C23H26N2O5. The van der Waals surface area contributed by atoms with Crippen molar-refractivity contribution in [2.45, 2.75) is 6.42 Å². The smallest absolute Gasteiger partial charge is 0.140 e. The molecule has 1 aromatic heterocycles. The number of hydrogen-bond donors (Lipinski definition) is 1. The van der Waals surface area contributed by atoms with E-state index in [1.807, 2.05) is 42.5 Å². The molecule has 0 unspecified atom stereocenters. The molecule has 0 radical (unpaired) electrons. The highest BCUT2D eigenvalue weighted by Crippen LogP contribution is 2.26. The minimum atomic E-state index is 0.445. The molecule has 158 valence electrons. The van der Waals surface area contributed by atoms with E-state index in [4.69, 9.17) is 18.6 Å². The molecule has 1 N–H and O–H groups in total. The van der Waals surface area contributed by atoms with E-state index in [9.17, 15) is 5.21 Å². The highest BCUT2D eigenvalue weighted by Gasteiger charge is 2.10. The first kappa shape index (κ1) is 20.3. The van der Waals surface area contributed by atoms with Gasteiger partial charge >= 0.3 is 0 Å². The molecule has 3 aromatic rings. The normalized spacial score (nSPS) is 15.4. The molecule has 4 rings (SSSR count). The minimum Gasteiger partial charge on any atom is -0.497 e. The first-order valence-electron chi connectivity index (χ1n) is 10.1. The Morgan fingerprint density at radius 2 is 1.80 bits per heavy atom. The van der Waals surface area contributed by atoms with Crippen LogP contribution in [-0.4, -0.2) is 56.7 Å². The number of morpholine rings is 1. The second kappa shape index (κ2) is 9.65. The van der Waals surface area contributed by atoms with E-state index >= 15 is 0 Å². The van der Waals surface area contributed by atoms with Gasteiger partial charge in [0, 0.05) is 42.7 Å². The lowest BCUT2D eigenvalue weighted by Gasteiger charge is -2.26. The van der Waals surface area contributed by atoms with E-state index in [1.54, 1.807) is 13.2 Å². The molecule has 0 bridgehead atoms. The van der Waals surface area contributed by atoms with Gasteiger partial charge in [-0.15, -0.1) is 0 Å². The van der Waals surface area contributed by atoms with Crippen molar-refractivity contribution in [1.82, 2.24) is 4.90 Å². The van der Waals surface area contributed by atoms with Crippen molar-refractivity contribution in [2.75, 3.05) is 46.6 Å². The summed E-state index contributed by atoms with van der Waals surface area (Å²) in [6, 6.07) is 14.8. The van der Waals surface area contributed by atoms with Crippen LogP contribution in [0.25, 0.3) is 22.3 Å². The van der Waals surface area contributed by atoms with E-state index in [0.717, 1.165) is 61.7 Å². The van der Waals surface area contributed by atoms with Gasteiger partial charge in [-0.1, -0.05) is 5.16 Å². The zero-order chi connectivity index (χ0) is 20.8. The van der Waals surface area contributed by atoms with Gasteiger partial charge in [-0.25, -0.2) is 0 Å². The van der Waals surface area contributed by atoms with Crippen LogP contribution in [0.15, 0.2) is 58.1 Å². The van der Waals surface area contributed by atoms with Crippen LogP contribution in [0.5, 0.6) is 11.5 Å². The maximum Gasteiger partial charge on any atom is 0.140 e. The van der Waals surface area contributed by atoms with E-state index in [0.29, 0.717) is 23.3 Å². The maximum absolute atomic E-state index is 9.47. The second-order valence-electron chi connectivity index (χ2n) is 7.14. The van der Waals surface area contributed by atoms with Crippen molar-refractivity contribution in [3.63, 3.8) is 0 Å². The van der Waals surface area contributed by atoms with Crippen molar-refractivity contribution >= 4 is 11.0 Å². The molecule has 7 nitrogen and oxygen atoms in total. The molecular weight excluding hydrogens is 384 g/mol. The third-order valence-electron chi connectivity index (χ3n) is 5.19. The standard InChI is InChI=1S/C23H26N2O5/c1-27-18-5-3-17(4-6-18)22-16-21(24-26)20-8-7-19(15-23(20)30-22)29-12-2-9-25-10-13-28-14-11-25/h3-8,15-16,26H,2,9-14H2,1H3. The molecule has 0 atom stereocenters. The summed E-state index contributed by atoms with van der Waals surface area (Å²) in [5.41, 5.74) is 1.46. The average molecular weight is 410 g/mol. The Morgan fingerprint density at radius 1 is 1.03 bits per heavy atom. The summed E-state index contributed by atoms with van der Waals surface area (Å²) in [7, 11) is 1.63. The van der Waals surface area contributed by atoms with Crippen molar-refractivity contribution in [3.05, 3.63) is 53.9 Å². The van der Waals surface area contributed by atoms with Gasteiger partial charge in [-0.05, 0) is 42.8 Å². The van der Waals surface area contributed by atoms with Crippen molar-refractivity contribution in [3.8, 4) is 22.8 Å². The molecule has 30 heavy (non-hydrogen) atoms. The monoisotopic (exact) mass is 410 g/mol. The number of methoxy groups -OCH3 is 1. The van der Waals surface area contributed by atoms with Crippen molar-refractivity contribution < 1.29 is 23.8 Å². The summed E-state index contributed by atoms with van der Waals surface area (Å²) in [6.45, 7) is 5.20.